The van der Waals surface area contributed by atoms with E-state index >= 15 is 0 Å². The van der Waals surface area contributed by atoms with Crippen molar-refractivity contribution in [2.75, 3.05) is 13.2 Å². The second-order valence-corrected chi connectivity index (χ2v) is 7.08. The van der Waals surface area contributed by atoms with Crippen LogP contribution in [0.25, 0.3) is 0 Å². The van der Waals surface area contributed by atoms with Gasteiger partial charge in [-0.3, -0.25) is 9.69 Å². The summed E-state index contributed by atoms with van der Waals surface area (Å²) in [6.45, 7) is 3.82. The van der Waals surface area contributed by atoms with Crippen molar-refractivity contribution in [1.82, 2.24) is 4.90 Å². The molecule has 0 aromatic heterocycles. The highest BCUT2D eigenvalue weighted by atomic mass is 16.5. The predicted molar refractivity (Wildman–Crippen MR) is 105 cm³/mol. The number of ether oxygens (including phenoxy) is 1. The van der Waals surface area contributed by atoms with Crippen LogP contribution in [-0.2, 0) is 20.9 Å². The van der Waals surface area contributed by atoms with E-state index in [2.05, 4.69) is 29.2 Å². The Morgan fingerprint density at radius 2 is 1.78 bits per heavy atom. The predicted octanol–water partition coefficient (Wildman–Crippen LogP) is 4.02. The number of hydrogen-bond acceptors (Lipinski definition) is 4. The summed E-state index contributed by atoms with van der Waals surface area (Å²) in [7, 11) is 0. The summed E-state index contributed by atoms with van der Waals surface area (Å²) in [6.07, 6.45) is 2.16. The largest absolute Gasteiger partial charge is 0.466 e. The van der Waals surface area contributed by atoms with Gasteiger partial charge in [-0.25, -0.2) is 0 Å². The Bertz CT molecular complexity index is 732. The molecule has 0 spiro atoms. The number of benzene rings is 2. The van der Waals surface area contributed by atoms with Gasteiger partial charge in [-0.1, -0.05) is 60.7 Å². The van der Waals surface area contributed by atoms with Crippen molar-refractivity contribution in [2.24, 2.45) is 11.8 Å². The normalized spacial score (nSPS) is 22.9. The monoisotopic (exact) mass is 365 g/mol. The molecule has 1 fully saturated rings. The summed E-state index contributed by atoms with van der Waals surface area (Å²) in [5, 5.41) is 0. The molecule has 1 aliphatic heterocycles. The van der Waals surface area contributed by atoms with E-state index in [9.17, 15) is 9.59 Å². The lowest BCUT2D eigenvalue weighted by Gasteiger charge is -2.43. The van der Waals surface area contributed by atoms with Crippen molar-refractivity contribution in [1.29, 1.82) is 0 Å². The van der Waals surface area contributed by atoms with Crippen LogP contribution in [-0.4, -0.2) is 30.3 Å². The van der Waals surface area contributed by atoms with Crippen molar-refractivity contribution < 1.29 is 14.3 Å². The van der Waals surface area contributed by atoms with Gasteiger partial charge in [-0.05, 0) is 36.9 Å². The number of nitrogens with zero attached hydrogens (tertiary/aromatic N) is 1. The minimum atomic E-state index is -0.228. The number of likely N-dealkylation sites (tertiary alicyclic amines) is 1. The van der Waals surface area contributed by atoms with Crippen molar-refractivity contribution in [3.8, 4) is 0 Å². The maximum atomic E-state index is 12.1. The minimum Gasteiger partial charge on any atom is -0.466 e. The Morgan fingerprint density at radius 3 is 2.41 bits per heavy atom. The van der Waals surface area contributed by atoms with E-state index < -0.39 is 0 Å². The van der Waals surface area contributed by atoms with E-state index in [0.717, 1.165) is 31.4 Å². The fourth-order valence-electron chi connectivity index (χ4n) is 4.10. The van der Waals surface area contributed by atoms with Gasteiger partial charge in [0.05, 0.1) is 6.61 Å². The third-order valence-corrected chi connectivity index (χ3v) is 5.35. The van der Waals surface area contributed by atoms with Crippen LogP contribution in [0, 0.1) is 11.8 Å². The van der Waals surface area contributed by atoms with Gasteiger partial charge in [0, 0.05) is 24.9 Å². The van der Waals surface area contributed by atoms with E-state index in [1.54, 1.807) is 0 Å². The minimum absolute atomic E-state index is 0.0128. The molecule has 2 aromatic carbocycles. The molecule has 3 unspecified atom stereocenters. The van der Waals surface area contributed by atoms with E-state index in [4.69, 9.17) is 4.74 Å². The molecule has 4 heteroatoms. The van der Waals surface area contributed by atoms with Gasteiger partial charge in [0.1, 0.15) is 6.29 Å². The zero-order valence-electron chi connectivity index (χ0n) is 15.8. The van der Waals surface area contributed by atoms with E-state index in [0.29, 0.717) is 13.0 Å². The van der Waals surface area contributed by atoms with Crippen LogP contribution in [0.5, 0.6) is 0 Å². The maximum absolute atomic E-state index is 12.1. The summed E-state index contributed by atoms with van der Waals surface area (Å²) >= 11 is 0. The molecule has 0 aliphatic carbocycles. The fourth-order valence-corrected chi connectivity index (χ4v) is 4.10. The lowest BCUT2D eigenvalue weighted by Crippen LogP contribution is -2.44. The molecule has 142 valence electrons. The van der Waals surface area contributed by atoms with Crippen LogP contribution >= 0.6 is 0 Å². The average molecular weight is 365 g/mol. The fraction of sp³-hybridized carbons (Fsp3) is 0.391. The number of rotatable bonds is 7. The van der Waals surface area contributed by atoms with Gasteiger partial charge in [0.25, 0.3) is 0 Å². The van der Waals surface area contributed by atoms with Crippen molar-refractivity contribution >= 4 is 12.3 Å². The molecule has 2 aromatic rings. The molecule has 1 saturated heterocycles. The van der Waals surface area contributed by atoms with E-state index in [-0.39, 0.29) is 23.8 Å². The summed E-state index contributed by atoms with van der Waals surface area (Å²) < 4.78 is 5.13. The topological polar surface area (TPSA) is 46.6 Å². The molecule has 0 amide bonds. The maximum Gasteiger partial charge on any atom is 0.306 e. The molecule has 3 rings (SSSR count). The summed E-state index contributed by atoms with van der Waals surface area (Å²) in [6, 6.07) is 20.4. The summed E-state index contributed by atoms with van der Waals surface area (Å²) in [5.74, 6) is -0.425. The number of carbonyl (C=O) groups is 2. The molecule has 0 radical (unpaired) electrons. The standard InChI is InChI=1S/C23H27NO3/c1-2-27-22(26)15-20-13-14-24(16-18-9-5-3-6-10-18)23(21(20)17-25)19-11-7-4-8-12-19/h3-12,17,20-21,23H,2,13-16H2,1H3. The van der Waals surface area contributed by atoms with Gasteiger partial charge < -0.3 is 9.53 Å². The van der Waals surface area contributed by atoms with Gasteiger partial charge >= 0.3 is 5.97 Å². The Balaban J connectivity index is 1.86. The zero-order valence-corrected chi connectivity index (χ0v) is 15.8. The number of aldehydes is 1. The van der Waals surface area contributed by atoms with Gasteiger partial charge in [-0.2, -0.15) is 0 Å². The van der Waals surface area contributed by atoms with E-state index in [1.165, 1.54) is 5.56 Å². The van der Waals surface area contributed by atoms with Crippen molar-refractivity contribution in [3.05, 3.63) is 71.8 Å². The van der Waals surface area contributed by atoms with Crippen LogP contribution < -0.4 is 0 Å². The lowest BCUT2D eigenvalue weighted by atomic mass is 9.76. The third-order valence-electron chi connectivity index (χ3n) is 5.35. The first-order chi connectivity index (χ1) is 13.2. The Kier molecular flexibility index (Phi) is 6.77. The molecule has 1 heterocycles. The number of piperidine rings is 1. The van der Waals surface area contributed by atoms with Gasteiger partial charge in [-0.15, -0.1) is 0 Å². The van der Waals surface area contributed by atoms with Crippen LogP contribution in [0.4, 0.5) is 0 Å². The van der Waals surface area contributed by atoms with E-state index in [1.807, 2.05) is 43.3 Å². The summed E-state index contributed by atoms with van der Waals surface area (Å²) in [4.78, 5) is 26.5. The first kappa shape index (κ1) is 19.3. The summed E-state index contributed by atoms with van der Waals surface area (Å²) in [5.41, 5.74) is 2.35. The molecule has 4 nitrogen and oxygen atoms in total. The van der Waals surface area contributed by atoms with Gasteiger partial charge in [0.2, 0.25) is 0 Å². The second kappa shape index (κ2) is 9.47. The Hall–Kier alpha value is -2.46. The molecule has 0 N–H and O–H groups in total. The third kappa shape index (κ3) is 4.83. The van der Waals surface area contributed by atoms with Crippen LogP contribution in [0.2, 0.25) is 0 Å². The smallest absolute Gasteiger partial charge is 0.306 e. The zero-order chi connectivity index (χ0) is 19.1. The molecular weight excluding hydrogens is 338 g/mol. The first-order valence-electron chi connectivity index (χ1n) is 9.66. The van der Waals surface area contributed by atoms with Crippen LogP contribution in [0.1, 0.15) is 36.9 Å². The Labute approximate surface area is 161 Å². The highest BCUT2D eigenvalue weighted by molar-refractivity contribution is 5.70. The van der Waals surface area contributed by atoms with Gasteiger partial charge in [0.15, 0.2) is 0 Å². The quantitative estimate of drug-likeness (QED) is 0.549. The molecule has 0 bridgehead atoms. The molecule has 1 aliphatic rings. The second-order valence-electron chi connectivity index (χ2n) is 7.08. The highest BCUT2D eigenvalue weighted by Gasteiger charge is 2.39. The first-order valence-corrected chi connectivity index (χ1v) is 9.66. The van der Waals surface area contributed by atoms with Crippen LogP contribution in [0.15, 0.2) is 60.7 Å². The number of carbonyl (C=O) groups excluding carboxylic acids is 2. The number of hydrogen-bond donors (Lipinski definition) is 0. The van der Waals surface area contributed by atoms with Crippen molar-refractivity contribution in [3.63, 3.8) is 0 Å². The molecule has 3 atom stereocenters. The molecule has 0 saturated carbocycles. The Morgan fingerprint density at radius 1 is 1.11 bits per heavy atom. The average Bonchev–Trinajstić information content (AvgIpc) is 2.70. The number of esters is 1. The molecule has 27 heavy (non-hydrogen) atoms. The lowest BCUT2D eigenvalue weighted by molar-refractivity contribution is -0.146. The SMILES string of the molecule is CCOC(=O)CC1CCN(Cc2ccccc2)C(c2ccccc2)C1C=O. The highest BCUT2D eigenvalue weighted by Crippen LogP contribution is 2.40. The molecular formula is C23H27NO3. The van der Waals surface area contributed by atoms with Crippen molar-refractivity contribution in [2.45, 2.75) is 32.4 Å². The van der Waals surface area contributed by atoms with Crippen LogP contribution in [0.3, 0.4) is 0 Å².